The number of hydrogen-bond acceptors (Lipinski definition) is 4. The van der Waals surface area contributed by atoms with Gasteiger partial charge in [0.2, 0.25) is 0 Å². The number of esters is 1. The Morgan fingerprint density at radius 1 is 1.21 bits per heavy atom. The Morgan fingerprint density at radius 3 is 2.69 bits per heavy atom. The lowest BCUT2D eigenvalue weighted by atomic mass is 9.44. The van der Waals surface area contributed by atoms with E-state index in [1.54, 1.807) is 0 Å². The number of methoxy groups -OCH3 is 1. The van der Waals surface area contributed by atoms with Crippen LogP contribution in [0.4, 0.5) is 0 Å². The summed E-state index contributed by atoms with van der Waals surface area (Å²) in [7, 11) is 1.46. The lowest BCUT2D eigenvalue weighted by Gasteiger charge is -2.62. The van der Waals surface area contributed by atoms with Gasteiger partial charge in [0.1, 0.15) is 5.78 Å². The molecule has 0 unspecified atom stereocenters. The highest BCUT2D eigenvalue weighted by Crippen LogP contribution is 2.68. The lowest BCUT2D eigenvalue weighted by molar-refractivity contribution is -0.171. The van der Waals surface area contributed by atoms with Crippen molar-refractivity contribution in [1.29, 1.82) is 0 Å². The first-order valence-electron chi connectivity index (χ1n) is 12.0. The number of aliphatic hydroxyl groups is 1. The first-order chi connectivity index (χ1) is 13.7. The van der Waals surface area contributed by atoms with Gasteiger partial charge in [-0.3, -0.25) is 9.59 Å². The Balaban J connectivity index is 1.54. The monoisotopic (exact) mass is 404 g/mol. The summed E-state index contributed by atoms with van der Waals surface area (Å²) >= 11 is 0. The fourth-order valence-electron chi connectivity index (χ4n) is 8.62. The summed E-state index contributed by atoms with van der Waals surface area (Å²) in [6, 6.07) is 0. The van der Waals surface area contributed by atoms with Crippen molar-refractivity contribution >= 4 is 11.8 Å². The molecule has 0 aromatic carbocycles. The molecule has 4 fully saturated rings. The highest BCUT2D eigenvalue weighted by Gasteiger charge is 2.63. The minimum atomic E-state index is -0.268. The molecule has 0 bridgehead atoms. The summed E-state index contributed by atoms with van der Waals surface area (Å²) < 4.78 is 4.84. The standard InChI is InChI=1S/C25H40O4/c1-15(5-10-23(28)29-4)19-8-9-20-18-7-6-16-13-17(26)11-12-24(16,2)21(18)14-22(27)25(19,20)3/h15-16,18-22,27H,5-14H2,1-4H3/t15-,16+,18-,19+,20-,21-,22+,24-,25+/m0/s1. The zero-order chi connectivity index (χ0) is 21.0. The molecule has 9 atom stereocenters. The van der Waals surface area contributed by atoms with Gasteiger partial charge in [0, 0.05) is 19.3 Å². The molecule has 0 amide bonds. The van der Waals surface area contributed by atoms with Crippen LogP contribution in [-0.2, 0) is 14.3 Å². The van der Waals surface area contributed by atoms with Crippen LogP contribution in [-0.4, -0.2) is 30.1 Å². The molecule has 4 rings (SSSR count). The molecule has 0 spiro atoms. The van der Waals surface area contributed by atoms with Crippen LogP contribution in [0.5, 0.6) is 0 Å². The maximum Gasteiger partial charge on any atom is 0.305 e. The van der Waals surface area contributed by atoms with Gasteiger partial charge in [0.15, 0.2) is 0 Å². The van der Waals surface area contributed by atoms with E-state index in [0.29, 0.717) is 47.7 Å². The quantitative estimate of drug-likeness (QED) is 0.685. The average Bonchev–Trinajstić information content (AvgIpc) is 3.06. The minimum absolute atomic E-state index is 0.0373. The van der Waals surface area contributed by atoms with Crippen molar-refractivity contribution in [1.82, 2.24) is 0 Å². The highest BCUT2D eigenvalue weighted by molar-refractivity contribution is 5.79. The molecule has 4 aliphatic carbocycles. The van der Waals surface area contributed by atoms with Crippen molar-refractivity contribution in [2.24, 2.45) is 46.3 Å². The van der Waals surface area contributed by atoms with E-state index in [2.05, 4.69) is 20.8 Å². The molecule has 0 radical (unpaired) electrons. The zero-order valence-electron chi connectivity index (χ0n) is 18.8. The molecule has 0 heterocycles. The Labute approximate surface area is 176 Å². The second-order valence-corrected chi connectivity index (χ2v) is 11.3. The summed E-state index contributed by atoms with van der Waals surface area (Å²) in [5.41, 5.74) is 0.193. The van der Waals surface area contributed by atoms with Crippen LogP contribution in [0.25, 0.3) is 0 Å². The second kappa shape index (κ2) is 7.66. The number of fused-ring (bicyclic) bond motifs is 5. The summed E-state index contributed by atoms with van der Waals surface area (Å²) in [6.45, 7) is 7.05. The lowest BCUT2D eigenvalue weighted by Crippen LogP contribution is -2.58. The first kappa shape index (κ1) is 21.3. The van der Waals surface area contributed by atoms with Crippen LogP contribution >= 0.6 is 0 Å². The zero-order valence-corrected chi connectivity index (χ0v) is 18.8. The number of carbonyl (C=O) groups excluding carboxylic acids is 2. The first-order valence-corrected chi connectivity index (χ1v) is 12.0. The molecule has 4 heteroatoms. The van der Waals surface area contributed by atoms with E-state index in [4.69, 9.17) is 4.74 Å². The number of rotatable bonds is 4. The molecular weight excluding hydrogens is 364 g/mol. The number of aliphatic hydroxyl groups excluding tert-OH is 1. The van der Waals surface area contributed by atoms with Gasteiger partial charge in [-0.15, -0.1) is 0 Å². The van der Waals surface area contributed by atoms with E-state index in [-0.39, 0.29) is 22.9 Å². The summed E-state index contributed by atoms with van der Waals surface area (Å²) in [4.78, 5) is 23.7. The SMILES string of the molecule is COC(=O)CC[C@H](C)[C@H]1CC[C@H]2[C@@H]3CC[C@@H]4CC(=O)CC[C@]4(C)[C@H]3C[C@@H](O)[C@]12C. The third kappa shape index (κ3) is 3.28. The molecule has 1 N–H and O–H groups in total. The second-order valence-electron chi connectivity index (χ2n) is 11.3. The summed E-state index contributed by atoms with van der Waals surface area (Å²) in [5.74, 6) is 3.59. The van der Waals surface area contributed by atoms with Crippen molar-refractivity contribution in [3.63, 3.8) is 0 Å². The Bertz CT molecular complexity index is 659. The molecule has 0 aliphatic heterocycles. The van der Waals surface area contributed by atoms with Gasteiger partial charge >= 0.3 is 5.97 Å². The van der Waals surface area contributed by atoms with Crippen LogP contribution in [0.2, 0.25) is 0 Å². The molecule has 0 saturated heterocycles. The van der Waals surface area contributed by atoms with Crippen LogP contribution in [0.1, 0.15) is 85.0 Å². The topological polar surface area (TPSA) is 63.6 Å². The maximum atomic E-state index is 12.1. The van der Waals surface area contributed by atoms with Crippen LogP contribution in [0.15, 0.2) is 0 Å². The van der Waals surface area contributed by atoms with Gasteiger partial charge in [-0.1, -0.05) is 20.8 Å². The van der Waals surface area contributed by atoms with E-state index < -0.39 is 0 Å². The smallest absolute Gasteiger partial charge is 0.305 e. The predicted molar refractivity (Wildman–Crippen MR) is 112 cm³/mol. The molecule has 0 aromatic heterocycles. The van der Waals surface area contributed by atoms with E-state index >= 15 is 0 Å². The van der Waals surface area contributed by atoms with Gasteiger partial charge in [-0.05, 0) is 91.3 Å². The Kier molecular flexibility index (Phi) is 5.63. The van der Waals surface area contributed by atoms with Crippen molar-refractivity contribution in [2.45, 2.75) is 91.1 Å². The number of hydrogen-bond donors (Lipinski definition) is 1. The van der Waals surface area contributed by atoms with E-state index in [0.717, 1.165) is 32.1 Å². The summed E-state index contributed by atoms with van der Waals surface area (Å²) in [6.07, 6.45) is 9.29. The van der Waals surface area contributed by atoms with Gasteiger partial charge in [-0.2, -0.15) is 0 Å². The average molecular weight is 405 g/mol. The van der Waals surface area contributed by atoms with E-state index in [1.165, 1.54) is 32.8 Å². The summed E-state index contributed by atoms with van der Waals surface area (Å²) in [5, 5.41) is 11.5. The van der Waals surface area contributed by atoms with Gasteiger partial charge < -0.3 is 9.84 Å². The highest BCUT2D eigenvalue weighted by atomic mass is 16.5. The van der Waals surface area contributed by atoms with Crippen molar-refractivity contribution < 1.29 is 19.4 Å². The Morgan fingerprint density at radius 2 is 1.97 bits per heavy atom. The Hall–Kier alpha value is -0.900. The molecule has 164 valence electrons. The third-order valence-electron chi connectivity index (χ3n) is 10.4. The largest absolute Gasteiger partial charge is 0.469 e. The van der Waals surface area contributed by atoms with E-state index in [1.807, 2.05) is 0 Å². The van der Waals surface area contributed by atoms with Gasteiger partial charge in [0.05, 0.1) is 13.2 Å². The number of ketones is 1. The van der Waals surface area contributed by atoms with E-state index in [9.17, 15) is 14.7 Å². The minimum Gasteiger partial charge on any atom is -0.469 e. The number of ether oxygens (including phenoxy) is 1. The van der Waals surface area contributed by atoms with Crippen molar-refractivity contribution in [2.75, 3.05) is 7.11 Å². The van der Waals surface area contributed by atoms with Gasteiger partial charge in [-0.25, -0.2) is 0 Å². The third-order valence-corrected chi connectivity index (χ3v) is 10.4. The van der Waals surface area contributed by atoms with Crippen molar-refractivity contribution in [3.05, 3.63) is 0 Å². The van der Waals surface area contributed by atoms with Crippen LogP contribution in [0.3, 0.4) is 0 Å². The molecule has 4 aliphatic rings. The predicted octanol–water partition coefficient (Wildman–Crippen LogP) is 4.77. The van der Waals surface area contributed by atoms with Crippen LogP contribution < -0.4 is 0 Å². The maximum absolute atomic E-state index is 12.1. The van der Waals surface area contributed by atoms with Crippen molar-refractivity contribution in [3.8, 4) is 0 Å². The molecule has 0 aromatic rings. The molecular formula is C25H40O4. The number of Topliss-reactive ketones (excluding diaryl/α,β-unsaturated/α-hetero) is 1. The fourth-order valence-corrected chi connectivity index (χ4v) is 8.62. The molecule has 29 heavy (non-hydrogen) atoms. The fraction of sp³-hybridized carbons (Fsp3) is 0.920. The number of carbonyl (C=O) groups is 2. The van der Waals surface area contributed by atoms with Gasteiger partial charge in [0.25, 0.3) is 0 Å². The van der Waals surface area contributed by atoms with Crippen LogP contribution in [0, 0.1) is 46.3 Å². The molecule has 4 nitrogen and oxygen atoms in total. The normalized spacial score (nSPS) is 47.7. The molecule has 4 saturated carbocycles.